The van der Waals surface area contributed by atoms with E-state index in [1.807, 2.05) is 19.1 Å². The summed E-state index contributed by atoms with van der Waals surface area (Å²) in [7, 11) is 0. The lowest BCUT2D eigenvalue weighted by Crippen LogP contribution is -2.76. The highest BCUT2D eigenvalue weighted by Crippen LogP contribution is 2.73. The van der Waals surface area contributed by atoms with Crippen LogP contribution in [0.15, 0.2) is 48.1 Å². The van der Waals surface area contributed by atoms with Crippen LogP contribution in [0.5, 0.6) is 0 Å². The van der Waals surface area contributed by atoms with Crippen LogP contribution >= 0.6 is 0 Å². The first-order valence-corrected chi connectivity index (χ1v) is 15.0. The lowest BCUT2D eigenvalue weighted by molar-refractivity contribution is -0.407. The highest BCUT2D eigenvalue weighted by atomic mass is 16.9. The number of epoxide rings is 1. The molecule has 10 heteroatoms. The molecule has 2 saturated carbocycles. The first-order valence-electron chi connectivity index (χ1n) is 15.0. The van der Waals surface area contributed by atoms with Crippen LogP contribution < -0.4 is 0 Å². The molecule has 0 aromatic carbocycles. The third kappa shape index (κ3) is 3.51. The molecule has 3 heterocycles. The number of esters is 1. The number of fused-ring (bicyclic) bond motifs is 3. The van der Waals surface area contributed by atoms with Crippen molar-refractivity contribution < 1.29 is 48.6 Å². The molecule has 3 aliphatic carbocycles. The number of carbonyl (C=O) groups excluding carboxylic acids is 2. The number of ether oxygens (including phenoxy) is 5. The molecule has 3 N–H and O–H groups in total. The van der Waals surface area contributed by atoms with Crippen LogP contribution in [0.3, 0.4) is 0 Å². The van der Waals surface area contributed by atoms with E-state index in [9.17, 15) is 24.9 Å². The maximum atomic E-state index is 13.7. The number of carbonyl (C=O) groups is 2. The zero-order valence-corrected chi connectivity index (χ0v) is 24.9. The van der Waals surface area contributed by atoms with Crippen molar-refractivity contribution >= 4 is 11.8 Å². The molecule has 1 unspecified atom stereocenters. The van der Waals surface area contributed by atoms with E-state index in [1.165, 1.54) is 6.92 Å². The van der Waals surface area contributed by atoms with Gasteiger partial charge in [0.1, 0.15) is 30.0 Å². The van der Waals surface area contributed by atoms with E-state index in [4.69, 9.17) is 23.7 Å². The van der Waals surface area contributed by atoms with E-state index in [0.717, 1.165) is 25.7 Å². The van der Waals surface area contributed by atoms with Gasteiger partial charge in [-0.15, -0.1) is 0 Å². The standard InChI is InChI=1S/C32H42O10/c1-7-8-9-10-11-12-13-14-29-40-26-22-25-28(16-33,39-25)27(36)30(37)21(15-18(4)23(30)35)32(22,42-29)19(5)24(38-20(6)34)31(26,41-29)17(2)3/h11-15,19,21-22,24-27,33,36-37H,2,7-10,16H2,1,3-6H3/b12-11+,14-13+/t19-,21-,22?,24-,25+,26-,27-,28+,29-,30-,31+,32+/m1/s1. The number of allylic oxidation sites excluding steroid dienone is 3. The summed E-state index contributed by atoms with van der Waals surface area (Å²) < 4.78 is 32.4. The predicted octanol–water partition coefficient (Wildman–Crippen LogP) is 2.41. The molecule has 42 heavy (non-hydrogen) atoms. The SMILES string of the molecule is C=C(C)[C@@]12O[C@@]3(/C=C/C=C/CCCCC)O[C@@H]1C1[C@@H]4O[C@]4(CO)[C@@H](O)[C@]4(O)C(=O)C(C)=C[C@H]4[C@@]1(O3)[C@H](C)[C@H]2OC(C)=O. The summed E-state index contributed by atoms with van der Waals surface area (Å²) >= 11 is 0. The van der Waals surface area contributed by atoms with Crippen molar-refractivity contribution in [2.24, 2.45) is 17.8 Å². The molecule has 0 amide bonds. The normalized spacial score (nSPS) is 50.0. The van der Waals surface area contributed by atoms with Gasteiger partial charge in [0, 0.05) is 30.8 Å². The average Bonchev–Trinajstić information content (AvgIpc) is 3.57. The second-order valence-electron chi connectivity index (χ2n) is 12.9. The van der Waals surface area contributed by atoms with E-state index in [2.05, 4.69) is 13.5 Å². The van der Waals surface area contributed by atoms with Crippen molar-refractivity contribution in [3.05, 3.63) is 48.1 Å². The number of aliphatic hydroxyl groups excluding tert-OH is 2. The number of ketones is 1. The summed E-state index contributed by atoms with van der Waals surface area (Å²) in [6, 6.07) is 0. The lowest BCUT2D eigenvalue weighted by Gasteiger charge is -2.61. The Morgan fingerprint density at radius 2 is 1.90 bits per heavy atom. The van der Waals surface area contributed by atoms with Gasteiger partial charge in [0.25, 0.3) is 0 Å². The van der Waals surface area contributed by atoms with E-state index in [0.29, 0.717) is 5.57 Å². The Labute approximate surface area is 246 Å². The Bertz CT molecular complexity index is 1290. The second kappa shape index (κ2) is 9.66. The summed E-state index contributed by atoms with van der Waals surface area (Å²) in [5.41, 5.74) is -6.12. The zero-order valence-electron chi connectivity index (χ0n) is 24.9. The number of Topliss-reactive ketones (excluding diaryl/α,β-unsaturated/α-hetero) is 1. The monoisotopic (exact) mass is 586 g/mol. The molecular weight excluding hydrogens is 544 g/mol. The Balaban J connectivity index is 1.55. The average molecular weight is 587 g/mol. The van der Waals surface area contributed by atoms with Gasteiger partial charge in [0.05, 0.1) is 12.2 Å². The van der Waals surface area contributed by atoms with E-state index in [1.54, 1.807) is 32.1 Å². The minimum atomic E-state index is -2.38. The molecular formula is C32H42O10. The molecule has 3 bridgehead atoms. The number of hydrogen-bond donors (Lipinski definition) is 3. The molecule has 0 radical (unpaired) electrons. The molecule has 230 valence electrons. The summed E-state index contributed by atoms with van der Waals surface area (Å²) in [6.07, 6.45) is 8.71. The van der Waals surface area contributed by atoms with Crippen molar-refractivity contribution in [1.82, 2.24) is 0 Å². The molecule has 5 fully saturated rings. The van der Waals surface area contributed by atoms with Gasteiger partial charge in [-0.3, -0.25) is 9.59 Å². The number of hydrogen-bond acceptors (Lipinski definition) is 10. The third-order valence-corrected chi connectivity index (χ3v) is 10.6. The Kier molecular flexibility index (Phi) is 6.87. The molecule has 12 atom stereocenters. The molecule has 3 aliphatic heterocycles. The molecule has 0 aromatic heterocycles. The molecule has 0 spiro atoms. The Morgan fingerprint density at radius 3 is 2.55 bits per heavy atom. The molecule has 0 aromatic rings. The molecule has 10 nitrogen and oxygen atoms in total. The van der Waals surface area contributed by atoms with Crippen molar-refractivity contribution in [3.8, 4) is 0 Å². The van der Waals surface area contributed by atoms with Crippen molar-refractivity contribution in [3.63, 3.8) is 0 Å². The van der Waals surface area contributed by atoms with Crippen molar-refractivity contribution in [1.29, 1.82) is 0 Å². The van der Waals surface area contributed by atoms with Gasteiger partial charge in [0.15, 0.2) is 17.0 Å². The van der Waals surface area contributed by atoms with Crippen LogP contribution in [-0.4, -0.2) is 86.5 Å². The van der Waals surface area contributed by atoms with Gasteiger partial charge in [0.2, 0.25) is 0 Å². The van der Waals surface area contributed by atoms with Crippen molar-refractivity contribution in [2.45, 2.75) is 113 Å². The van der Waals surface area contributed by atoms with E-state index < -0.39 is 88.9 Å². The van der Waals surface area contributed by atoms with Crippen molar-refractivity contribution in [2.75, 3.05) is 6.61 Å². The van der Waals surface area contributed by atoms with Gasteiger partial charge in [-0.2, -0.15) is 0 Å². The number of aliphatic hydroxyl groups is 3. The fraction of sp³-hybridized carbons (Fsp3) is 0.688. The maximum absolute atomic E-state index is 13.7. The molecule has 6 aliphatic rings. The fourth-order valence-electron chi connectivity index (χ4n) is 8.66. The van der Waals surface area contributed by atoms with Crippen LogP contribution in [0.2, 0.25) is 0 Å². The second-order valence-corrected chi connectivity index (χ2v) is 12.9. The summed E-state index contributed by atoms with van der Waals surface area (Å²) in [4.78, 5) is 26.2. The van der Waals surface area contributed by atoms with Gasteiger partial charge >= 0.3 is 11.9 Å². The Hall–Kier alpha value is -2.18. The quantitative estimate of drug-likeness (QED) is 0.121. The van der Waals surface area contributed by atoms with Crippen LogP contribution in [0.25, 0.3) is 0 Å². The summed E-state index contributed by atoms with van der Waals surface area (Å²) in [6.45, 7) is 12.2. The van der Waals surface area contributed by atoms with Crippen LogP contribution in [0.1, 0.15) is 60.3 Å². The van der Waals surface area contributed by atoms with E-state index in [-0.39, 0.29) is 5.57 Å². The van der Waals surface area contributed by atoms with Crippen LogP contribution in [0, 0.1) is 17.8 Å². The fourth-order valence-corrected chi connectivity index (χ4v) is 8.66. The zero-order chi connectivity index (χ0) is 30.5. The third-order valence-electron chi connectivity index (χ3n) is 10.6. The smallest absolute Gasteiger partial charge is 0.307 e. The lowest BCUT2D eigenvalue weighted by atomic mass is 9.53. The van der Waals surface area contributed by atoms with Gasteiger partial charge in [-0.05, 0) is 37.8 Å². The molecule has 6 rings (SSSR count). The minimum absolute atomic E-state index is 0.248. The van der Waals surface area contributed by atoms with Gasteiger partial charge in [-0.25, -0.2) is 0 Å². The highest BCUT2D eigenvalue weighted by Gasteiger charge is 2.90. The Morgan fingerprint density at radius 1 is 1.17 bits per heavy atom. The predicted molar refractivity (Wildman–Crippen MR) is 149 cm³/mol. The van der Waals surface area contributed by atoms with Crippen LogP contribution in [-0.2, 0) is 33.3 Å². The first kappa shape index (κ1) is 29.9. The largest absolute Gasteiger partial charge is 0.459 e. The number of rotatable bonds is 9. The van der Waals surface area contributed by atoms with Gasteiger partial charge < -0.3 is 39.0 Å². The first-order chi connectivity index (χ1) is 19.8. The number of unbranched alkanes of at least 4 members (excludes halogenated alkanes) is 3. The molecule has 3 saturated heterocycles. The topological polar surface area (TPSA) is 144 Å². The summed E-state index contributed by atoms with van der Waals surface area (Å²) in [5, 5.41) is 34.4. The highest BCUT2D eigenvalue weighted by molar-refractivity contribution is 6.05. The van der Waals surface area contributed by atoms with Crippen LogP contribution in [0.4, 0.5) is 0 Å². The van der Waals surface area contributed by atoms with E-state index >= 15 is 0 Å². The van der Waals surface area contributed by atoms with Gasteiger partial charge in [-0.1, -0.05) is 57.6 Å². The maximum Gasteiger partial charge on any atom is 0.307 e. The summed E-state index contributed by atoms with van der Waals surface area (Å²) in [5.74, 6) is -5.58. The minimum Gasteiger partial charge on any atom is -0.459 e.